The summed E-state index contributed by atoms with van der Waals surface area (Å²) < 4.78 is 3.44. The lowest BCUT2D eigenvalue weighted by Gasteiger charge is -2.10. The highest BCUT2D eigenvalue weighted by Crippen LogP contribution is 2.39. The predicted octanol–water partition coefficient (Wildman–Crippen LogP) is 11.4. The van der Waals surface area contributed by atoms with Crippen molar-refractivity contribution in [3.05, 3.63) is 164 Å². The summed E-state index contributed by atoms with van der Waals surface area (Å²) in [6, 6.07) is 56.8. The van der Waals surface area contributed by atoms with Gasteiger partial charge in [0.15, 0.2) is 17.5 Å². The van der Waals surface area contributed by atoms with E-state index in [4.69, 9.17) is 19.9 Å². The molecule has 234 valence electrons. The first-order valence-electron chi connectivity index (χ1n) is 16.6. The fourth-order valence-corrected chi connectivity index (χ4v) is 7.98. The molecule has 3 aromatic heterocycles. The van der Waals surface area contributed by atoms with E-state index in [1.807, 2.05) is 36.4 Å². The number of nitrogens with zero attached hydrogens (tertiary/aromatic N) is 5. The average molecular weight is 658 g/mol. The summed E-state index contributed by atoms with van der Waals surface area (Å²) in [4.78, 5) is 20.5. The van der Waals surface area contributed by atoms with Gasteiger partial charge in [0.25, 0.3) is 0 Å². The van der Waals surface area contributed by atoms with Crippen LogP contribution in [0.5, 0.6) is 0 Å². The molecule has 0 bridgehead atoms. The first-order valence-corrected chi connectivity index (χ1v) is 17.4. The third kappa shape index (κ3) is 4.69. The molecule has 10 aromatic rings. The van der Waals surface area contributed by atoms with Gasteiger partial charge in [-0.1, -0.05) is 121 Å². The Kier molecular flexibility index (Phi) is 6.60. The molecule has 0 aliphatic carbocycles. The van der Waals surface area contributed by atoms with E-state index in [1.165, 1.54) is 10.8 Å². The Morgan fingerprint density at radius 3 is 1.94 bits per heavy atom. The molecular formula is C44H27N5S. The third-order valence-electron chi connectivity index (χ3n) is 9.29. The molecule has 10 rings (SSSR count). The summed E-state index contributed by atoms with van der Waals surface area (Å²) >= 11 is 1.71. The van der Waals surface area contributed by atoms with Gasteiger partial charge in [-0.25, -0.2) is 19.9 Å². The highest BCUT2D eigenvalue weighted by molar-refractivity contribution is 7.21. The van der Waals surface area contributed by atoms with Gasteiger partial charge >= 0.3 is 0 Å². The van der Waals surface area contributed by atoms with Crippen LogP contribution in [0, 0.1) is 0 Å². The lowest BCUT2D eigenvalue weighted by atomic mass is 10.1. The first-order chi connectivity index (χ1) is 24.8. The van der Waals surface area contributed by atoms with Crippen LogP contribution in [0.3, 0.4) is 0 Å². The van der Waals surface area contributed by atoms with E-state index in [2.05, 4.69) is 132 Å². The Hall–Kier alpha value is -6.50. The minimum Gasteiger partial charge on any atom is -0.309 e. The van der Waals surface area contributed by atoms with Crippen molar-refractivity contribution in [3.8, 4) is 50.4 Å². The number of hydrogen-bond donors (Lipinski definition) is 0. The van der Waals surface area contributed by atoms with Crippen molar-refractivity contribution in [2.45, 2.75) is 0 Å². The van der Waals surface area contributed by atoms with Gasteiger partial charge in [0.05, 0.1) is 21.3 Å². The minimum absolute atomic E-state index is 0.610. The molecule has 0 unspecified atom stereocenters. The van der Waals surface area contributed by atoms with Crippen LogP contribution in [-0.2, 0) is 0 Å². The third-order valence-corrected chi connectivity index (χ3v) is 10.4. The summed E-state index contributed by atoms with van der Waals surface area (Å²) in [6.45, 7) is 0. The number of thiazole rings is 1. The Balaban J connectivity index is 1.17. The number of rotatable bonds is 5. The van der Waals surface area contributed by atoms with Crippen LogP contribution in [0.1, 0.15) is 0 Å². The summed E-state index contributed by atoms with van der Waals surface area (Å²) in [7, 11) is 0. The zero-order valence-corrected chi connectivity index (χ0v) is 27.5. The fourth-order valence-electron chi connectivity index (χ4n) is 7.00. The monoisotopic (exact) mass is 657 g/mol. The molecule has 0 saturated carbocycles. The van der Waals surface area contributed by atoms with Gasteiger partial charge < -0.3 is 4.57 Å². The van der Waals surface area contributed by atoms with E-state index in [1.54, 1.807) is 11.3 Å². The van der Waals surface area contributed by atoms with Crippen molar-refractivity contribution >= 4 is 54.1 Å². The zero-order valence-electron chi connectivity index (χ0n) is 26.7. The van der Waals surface area contributed by atoms with E-state index in [9.17, 15) is 0 Å². The topological polar surface area (TPSA) is 56.5 Å². The van der Waals surface area contributed by atoms with Gasteiger partial charge in [0, 0.05) is 38.7 Å². The van der Waals surface area contributed by atoms with E-state index in [0.717, 1.165) is 65.0 Å². The van der Waals surface area contributed by atoms with Crippen molar-refractivity contribution in [2.24, 2.45) is 0 Å². The van der Waals surface area contributed by atoms with Crippen molar-refractivity contribution in [2.75, 3.05) is 0 Å². The van der Waals surface area contributed by atoms with Crippen LogP contribution >= 0.6 is 11.3 Å². The van der Waals surface area contributed by atoms with Crippen LogP contribution in [0.2, 0.25) is 0 Å². The molecular weight excluding hydrogens is 631 g/mol. The molecule has 5 nitrogen and oxygen atoms in total. The molecule has 6 heteroatoms. The second kappa shape index (κ2) is 11.6. The number of hydrogen-bond acceptors (Lipinski definition) is 5. The maximum absolute atomic E-state index is 5.20. The molecule has 0 spiro atoms. The molecule has 3 heterocycles. The van der Waals surface area contributed by atoms with Crippen molar-refractivity contribution in [3.63, 3.8) is 0 Å². The summed E-state index contributed by atoms with van der Waals surface area (Å²) in [6.07, 6.45) is 0. The van der Waals surface area contributed by atoms with Gasteiger partial charge in [-0.15, -0.1) is 11.3 Å². The summed E-state index contributed by atoms with van der Waals surface area (Å²) in [5.74, 6) is 1.87. The van der Waals surface area contributed by atoms with Gasteiger partial charge in [-0.3, -0.25) is 0 Å². The Labute approximate surface area is 291 Å². The number of benzene rings is 7. The molecule has 0 radical (unpaired) electrons. The van der Waals surface area contributed by atoms with Crippen LogP contribution in [0.4, 0.5) is 0 Å². The molecule has 7 aromatic carbocycles. The molecule has 0 saturated heterocycles. The maximum Gasteiger partial charge on any atom is 0.164 e. The summed E-state index contributed by atoms with van der Waals surface area (Å²) in [5.41, 5.74) is 8.20. The van der Waals surface area contributed by atoms with Gasteiger partial charge in [-0.05, 0) is 53.2 Å². The molecule has 0 atom stereocenters. The summed E-state index contributed by atoms with van der Waals surface area (Å²) in [5, 5.41) is 5.66. The predicted molar refractivity (Wildman–Crippen MR) is 207 cm³/mol. The Bertz CT molecular complexity index is 2870. The highest BCUT2D eigenvalue weighted by atomic mass is 32.1. The van der Waals surface area contributed by atoms with Crippen LogP contribution in [-0.4, -0.2) is 24.5 Å². The lowest BCUT2D eigenvalue weighted by Crippen LogP contribution is -2.00. The second-order valence-electron chi connectivity index (χ2n) is 12.3. The van der Waals surface area contributed by atoms with E-state index in [-0.39, 0.29) is 0 Å². The number of para-hydroxylation sites is 2. The van der Waals surface area contributed by atoms with Crippen molar-refractivity contribution in [1.82, 2.24) is 24.5 Å². The first kappa shape index (κ1) is 28.5. The van der Waals surface area contributed by atoms with E-state index < -0.39 is 0 Å². The minimum atomic E-state index is 0.610. The fraction of sp³-hybridized carbons (Fsp3) is 0. The molecule has 0 fully saturated rings. The molecule has 0 N–H and O–H groups in total. The Morgan fingerprint density at radius 2 is 1.08 bits per heavy atom. The van der Waals surface area contributed by atoms with E-state index in [0.29, 0.717) is 17.5 Å². The SMILES string of the molecule is c1ccc(-c2nc(-c3ccc4sc(-c5cccc6ccccc56)nc4c3)nc(-c3cccc4c3c3ccccc3n4-c3ccccc3)n2)cc1. The standard InChI is InChI=1S/C44H27N5S/c1-3-14-29(15-4-1)41-46-42(30-25-26-39-36(27-30)45-44(50-39)33-21-11-16-28-13-7-8-19-32(28)33)48-43(47-41)35-22-12-24-38-40(35)34-20-9-10-23-37(34)49(38)31-17-5-2-6-18-31/h1-27H. The number of fused-ring (bicyclic) bond motifs is 5. The average Bonchev–Trinajstić information content (AvgIpc) is 3.77. The van der Waals surface area contributed by atoms with Crippen LogP contribution < -0.4 is 0 Å². The quantitative estimate of drug-likeness (QED) is 0.185. The largest absolute Gasteiger partial charge is 0.309 e. The molecule has 50 heavy (non-hydrogen) atoms. The number of aromatic nitrogens is 5. The highest BCUT2D eigenvalue weighted by Gasteiger charge is 2.20. The zero-order chi connectivity index (χ0) is 33.0. The van der Waals surface area contributed by atoms with Crippen LogP contribution in [0.25, 0.3) is 93.2 Å². The normalized spacial score (nSPS) is 11.6. The Morgan fingerprint density at radius 1 is 0.440 bits per heavy atom. The molecule has 0 aliphatic rings. The second-order valence-corrected chi connectivity index (χ2v) is 13.3. The van der Waals surface area contributed by atoms with Gasteiger partial charge in [-0.2, -0.15) is 0 Å². The molecule has 0 amide bonds. The smallest absolute Gasteiger partial charge is 0.164 e. The van der Waals surface area contributed by atoms with Gasteiger partial charge in [0.1, 0.15) is 5.01 Å². The van der Waals surface area contributed by atoms with Crippen LogP contribution in [0.15, 0.2) is 164 Å². The van der Waals surface area contributed by atoms with Gasteiger partial charge in [0.2, 0.25) is 0 Å². The van der Waals surface area contributed by atoms with Crippen molar-refractivity contribution in [1.29, 1.82) is 0 Å². The lowest BCUT2D eigenvalue weighted by molar-refractivity contribution is 1.08. The maximum atomic E-state index is 5.20. The van der Waals surface area contributed by atoms with Crippen molar-refractivity contribution < 1.29 is 0 Å². The molecule has 0 aliphatic heterocycles. The van der Waals surface area contributed by atoms with E-state index >= 15 is 0 Å².